The number of hydrogen-bond donors (Lipinski definition) is 2. The lowest BCUT2D eigenvalue weighted by Gasteiger charge is -2.11. The van der Waals surface area contributed by atoms with E-state index in [4.69, 9.17) is 4.74 Å². The number of carbonyl (C=O) groups is 2. The average molecular weight is 506 g/mol. The van der Waals surface area contributed by atoms with Gasteiger partial charge in [-0.25, -0.2) is 4.39 Å². The van der Waals surface area contributed by atoms with Crippen LogP contribution >= 0.6 is 11.8 Å². The van der Waals surface area contributed by atoms with Crippen LogP contribution < -0.4 is 15.4 Å². The van der Waals surface area contributed by atoms with Crippen molar-refractivity contribution in [2.75, 3.05) is 17.7 Å². The minimum Gasteiger partial charge on any atom is -0.494 e. The fourth-order valence-electron chi connectivity index (χ4n) is 3.34. The molecular formula is C26H24FN5O3S. The Morgan fingerprint density at radius 3 is 2.39 bits per heavy atom. The van der Waals surface area contributed by atoms with Crippen molar-refractivity contribution in [2.24, 2.45) is 0 Å². The largest absolute Gasteiger partial charge is 0.494 e. The second kappa shape index (κ2) is 12.0. The monoisotopic (exact) mass is 505 g/mol. The highest BCUT2D eigenvalue weighted by Crippen LogP contribution is 2.23. The summed E-state index contributed by atoms with van der Waals surface area (Å²) in [5.41, 5.74) is 1.78. The Balaban J connectivity index is 1.46. The lowest BCUT2D eigenvalue weighted by molar-refractivity contribution is -0.113. The highest BCUT2D eigenvalue weighted by molar-refractivity contribution is 7.99. The summed E-state index contributed by atoms with van der Waals surface area (Å²) in [6.07, 6.45) is 0. The molecule has 0 saturated heterocycles. The fraction of sp³-hybridized carbons (Fsp3) is 0.154. The molecule has 1 heterocycles. The average Bonchev–Trinajstić information content (AvgIpc) is 3.31. The van der Waals surface area contributed by atoms with E-state index in [1.54, 1.807) is 65.2 Å². The summed E-state index contributed by atoms with van der Waals surface area (Å²) in [5, 5.41) is 14.5. The van der Waals surface area contributed by atoms with Gasteiger partial charge in [0.2, 0.25) is 5.91 Å². The number of ether oxygens (including phenoxy) is 1. The number of aromatic nitrogens is 3. The van der Waals surface area contributed by atoms with Crippen LogP contribution in [0.25, 0.3) is 5.69 Å². The number of halogens is 1. The summed E-state index contributed by atoms with van der Waals surface area (Å²) >= 11 is 1.18. The molecule has 36 heavy (non-hydrogen) atoms. The standard InChI is InChI=1S/C26H24FN5O3S/c1-2-35-22-14-10-20(11-15-22)29-24(33)17-36-26-31-30-23(32(26)21-12-8-19(27)9-13-21)16-28-25(34)18-6-4-3-5-7-18/h3-15H,2,16-17H2,1H3,(H,28,34)(H,29,33). The summed E-state index contributed by atoms with van der Waals surface area (Å²) in [4.78, 5) is 25.0. The van der Waals surface area contributed by atoms with Gasteiger partial charge in [0.15, 0.2) is 11.0 Å². The van der Waals surface area contributed by atoms with Crippen molar-refractivity contribution in [3.05, 3.63) is 96.1 Å². The zero-order valence-electron chi connectivity index (χ0n) is 19.5. The predicted octanol–water partition coefficient (Wildman–Crippen LogP) is 4.47. The molecule has 0 bridgehead atoms. The normalized spacial score (nSPS) is 10.6. The topological polar surface area (TPSA) is 98.1 Å². The highest BCUT2D eigenvalue weighted by Gasteiger charge is 2.17. The molecule has 4 rings (SSSR count). The van der Waals surface area contributed by atoms with Crippen LogP contribution in [0.1, 0.15) is 23.1 Å². The maximum absolute atomic E-state index is 13.5. The van der Waals surface area contributed by atoms with E-state index in [-0.39, 0.29) is 29.9 Å². The Bertz CT molecular complexity index is 1310. The lowest BCUT2D eigenvalue weighted by atomic mass is 10.2. The summed E-state index contributed by atoms with van der Waals surface area (Å²) in [6.45, 7) is 2.56. The first-order valence-electron chi connectivity index (χ1n) is 11.2. The van der Waals surface area contributed by atoms with E-state index in [1.165, 1.54) is 23.9 Å². The smallest absolute Gasteiger partial charge is 0.251 e. The van der Waals surface area contributed by atoms with Gasteiger partial charge in [0.05, 0.1) is 18.9 Å². The molecule has 4 aromatic rings. The second-order valence-corrected chi connectivity index (χ2v) is 8.50. The zero-order valence-corrected chi connectivity index (χ0v) is 20.3. The van der Waals surface area contributed by atoms with Gasteiger partial charge in [-0.15, -0.1) is 10.2 Å². The van der Waals surface area contributed by atoms with Crippen LogP contribution in [0.4, 0.5) is 10.1 Å². The molecule has 3 aromatic carbocycles. The lowest BCUT2D eigenvalue weighted by Crippen LogP contribution is -2.24. The number of amides is 2. The van der Waals surface area contributed by atoms with Crippen LogP contribution in [-0.2, 0) is 11.3 Å². The van der Waals surface area contributed by atoms with E-state index in [0.717, 1.165) is 5.75 Å². The summed E-state index contributed by atoms with van der Waals surface area (Å²) < 4.78 is 20.6. The van der Waals surface area contributed by atoms with Gasteiger partial charge in [-0.3, -0.25) is 14.2 Å². The molecule has 8 nitrogen and oxygen atoms in total. The molecule has 2 N–H and O–H groups in total. The molecule has 0 saturated carbocycles. The van der Waals surface area contributed by atoms with E-state index in [9.17, 15) is 14.0 Å². The van der Waals surface area contributed by atoms with Crippen LogP contribution in [0.15, 0.2) is 84.0 Å². The number of thioether (sulfide) groups is 1. The number of benzene rings is 3. The number of rotatable bonds is 10. The van der Waals surface area contributed by atoms with Crippen molar-refractivity contribution < 1.29 is 18.7 Å². The Morgan fingerprint density at radius 2 is 1.69 bits per heavy atom. The molecule has 2 amide bonds. The highest BCUT2D eigenvalue weighted by atomic mass is 32.2. The molecule has 0 aliphatic carbocycles. The van der Waals surface area contributed by atoms with E-state index in [0.29, 0.717) is 34.5 Å². The minimum absolute atomic E-state index is 0.0723. The van der Waals surface area contributed by atoms with E-state index < -0.39 is 0 Å². The predicted molar refractivity (Wildman–Crippen MR) is 136 cm³/mol. The minimum atomic E-state index is -0.380. The Morgan fingerprint density at radius 1 is 0.972 bits per heavy atom. The number of nitrogens with one attached hydrogen (secondary N) is 2. The maximum Gasteiger partial charge on any atom is 0.251 e. The third-order valence-electron chi connectivity index (χ3n) is 5.01. The van der Waals surface area contributed by atoms with Gasteiger partial charge in [-0.1, -0.05) is 30.0 Å². The Labute approximate surface area is 211 Å². The van der Waals surface area contributed by atoms with Crippen molar-refractivity contribution in [3.63, 3.8) is 0 Å². The molecule has 0 unspecified atom stereocenters. The van der Waals surface area contributed by atoms with Crippen LogP contribution in [0.3, 0.4) is 0 Å². The molecule has 10 heteroatoms. The Hall–Kier alpha value is -4.18. The first kappa shape index (κ1) is 24.9. The number of carbonyl (C=O) groups excluding carboxylic acids is 2. The van der Waals surface area contributed by atoms with Gasteiger partial charge in [0, 0.05) is 16.9 Å². The van der Waals surface area contributed by atoms with Crippen LogP contribution in [0, 0.1) is 5.82 Å². The summed E-state index contributed by atoms with van der Waals surface area (Å²) in [5.74, 6) is 0.382. The van der Waals surface area contributed by atoms with E-state index in [2.05, 4.69) is 20.8 Å². The van der Waals surface area contributed by atoms with Gasteiger partial charge in [-0.2, -0.15) is 0 Å². The summed E-state index contributed by atoms with van der Waals surface area (Å²) in [6, 6.07) is 21.8. The molecule has 0 spiro atoms. The molecule has 0 radical (unpaired) electrons. The number of hydrogen-bond acceptors (Lipinski definition) is 6. The molecule has 1 aromatic heterocycles. The fourth-order valence-corrected chi connectivity index (χ4v) is 4.11. The zero-order chi connectivity index (χ0) is 25.3. The quantitative estimate of drug-likeness (QED) is 0.309. The van der Waals surface area contributed by atoms with E-state index in [1.807, 2.05) is 13.0 Å². The van der Waals surface area contributed by atoms with Gasteiger partial charge in [-0.05, 0) is 67.6 Å². The van der Waals surface area contributed by atoms with E-state index >= 15 is 0 Å². The van der Waals surface area contributed by atoms with Crippen molar-refractivity contribution in [1.29, 1.82) is 0 Å². The van der Waals surface area contributed by atoms with Gasteiger partial charge in [0.1, 0.15) is 11.6 Å². The van der Waals surface area contributed by atoms with Crippen molar-refractivity contribution >= 4 is 29.3 Å². The van der Waals surface area contributed by atoms with Crippen LogP contribution in [0.2, 0.25) is 0 Å². The molecule has 0 fully saturated rings. The first-order valence-corrected chi connectivity index (χ1v) is 12.2. The van der Waals surface area contributed by atoms with Crippen LogP contribution in [0.5, 0.6) is 5.75 Å². The molecular weight excluding hydrogens is 481 g/mol. The van der Waals surface area contributed by atoms with Crippen molar-refractivity contribution in [1.82, 2.24) is 20.1 Å². The molecule has 184 valence electrons. The molecule has 0 aliphatic rings. The van der Waals surface area contributed by atoms with Crippen molar-refractivity contribution in [2.45, 2.75) is 18.6 Å². The third kappa shape index (κ3) is 6.48. The van der Waals surface area contributed by atoms with Gasteiger partial charge >= 0.3 is 0 Å². The van der Waals surface area contributed by atoms with Gasteiger partial charge in [0.25, 0.3) is 5.91 Å². The summed E-state index contributed by atoms with van der Waals surface area (Å²) in [7, 11) is 0. The Kier molecular flexibility index (Phi) is 8.30. The second-order valence-electron chi connectivity index (χ2n) is 7.55. The first-order chi connectivity index (χ1) is 17.5. The van der Waals surface area contributed by atoms with Crippen molar-refractivity contribution in [3.8, 4) is 11.4 Å². The third-order valence-corrected chi connectivity index (χ3v) is 5.94. The maximum atomic E-state index is 13.5. The SMILES string of the molecule is CCOc1ccc(NC(=O)CSc2nnc(CNC(=O)c3ccccc3)n2-c2ccc(F)cc2)cc1. The molecule has 0 aliphatic heterocycles. The van der Waals surface area contributed by atoms with Gasteiger partial charge < -0.3 is 15.4 Å². The van der Waals surface area contributed by atoms with Crippen LogP contribution in [-0.4, -0.2) is 38.9 Å². The molecule has 0 atom stereocenters. The number of nitrogens with zero attached hydrogens (tertiary/aromatic N) is 3. The number of anilines is 1.